The van der Waals surface area contributed by atoms with Crippen LogP contribution in [0.15, 0.2) is 116 Å². The number of benzene rings is 3. The van der Waals surface area contributed by atoms with Crippen LogP contribution in [0.4, 0.5) is 0 Å². The highest BCUT2D eigenvalue weighted by atomic mass is 16.7. The summed E-state index contributed by atoms with van der Waals surface area (Å²) in [5, 5.41) is 0. The Morgan fingerprint density at radius 1 is 0.722 bits per heavy atom. The van der Waals surface area contributed by atoms with Crippen LogP contribution in [0.2, 0.25) is 0 Å². The highest BCUT2D eigenvalue weighted by Crippen LogP contribution is 2.23. The monoisotopic (exact) mass is 488 g/mol. The van der Waals surface area contributed by atoms with Crippen molar-refractivity contribution in [2.45, 2.75) is 38.1 Å². The molecule has 0 aliphatic carbocycles. The molecule has 0 aliphatic rings. The summed E-state index contributed by atoms with van der Waals surface area (Å²) in [5.74, 6) is 0. The van der Waals surface area contributed by atoms with Gasteiger partial charge in [0.25, 0.3) is 0 Å². The minimum atomic E-state index is -0.519. The second kappa shape index (κ2) is 15.8. The van der Waals surface area contributed by atoms with Crippen LogP contribution in [0.3, 0.4) is 0 Å². The molecule has 0 saturated heterocycles. The van der Waals surface area contributed by atoms with E-state index in [1.165, 1.54) is 0 Å². The van der Waals surface area contributed by atoms with Gasteiger partial charge in [-0.25, -0.2) is 0 Å². The quantitative estimate of drug-likeness (QED) is 0.170. The van der Waals surface area contributed by atoms with Crippen molar-refractivity contribution in [3.8, 4) is 0 Å². The molecule has 0 N–H and O–H groups in total. The Morgan fingerprint density at radius 3 is 1.72 bits per heavy atom. The van der Waals surface area contributed by atoms with E-state index in [-0.39, 0.29) is 6.79 Å². The van der Waals surface area contributed by atoms with Gasteiger partial charge in [0.05, 0.1) is 26.4 Å². The first-order chi connectivity index (χ1) is 17.7. The number of methoxy groups -OCH3 is 1. The highest BCUT2D eigenvalue weighted by Gasteiger charge is 2.33. The summed E-state index contributed by atoms with van der Waals surface area (Å²) in [5.41, 5.74) is 3.95. The van der Waals surface area contributed by atoms with Gasteiger partial charge < -0.3 is 23.7 Å². The summed E-state index contributed by atoms with van der Waals surface area (Å²) in [7, 11) is 1.58. The lowest BCUT2D eigenvalue weighted by molar-refractivity contribution is -0.152. The largest absolute Gasteiger partial charge is 0.372 e. The second-order valence-electron chi connectivity index (χ2n) is 8.39. The van der Waals surface area contributed by atoms with Crippen LogP contribution < -0.4 is 0 Å². The Labute approximate surface area is 214 Å². The van der Waals surface area contributed by atoms with E-state index in [0.717, 1.165) is 22.3 Å². The molecular formula is C31H36O5. The van der Waals surface area contributed by atoms with E-state index in [2.05, 4.69) is 13.2 Å². The summed E-state index contributed by atoms with van der Waals surface area (Å²) < 4.78 is 29.9. The van der Waals surface area contributed by atoms with E-state index in [4.69, 9.17) is 23.7 Å². The molecule has 5 heteroatoms. The Hall–Kier alpha value is -3.06. The zero-order valence-electron chi connectivity index (χ0n) is 21.0. The molecule has 0 aliphatic heterocycles. The Kier molecular flexibility index (Phi) is 12.1. The summed E-state index contributed by atoms with van der Waals surface area (Å²) in [4.78, 5) is 0. The average Bonchev–Trinajstić information content (AvgIpc) is 2.93. The molecule has 0 spiro atoms. The molecule has 190 valence electrons. The first-order valence-corrected chi connectivity index (χ1v) is 12.0. The fourth-order valence-corrected chi connectivity index (χ4v) is 3.73. The van der Waals surface area contributed by atoms with E-state index in [1.807, 2.05) is 91.0 Å². The summed E-state index contributed by atoms with van der Waals surface area (Å²) in [6.07, 6.45) is 0.199. The maximum Gasteiger partial charge on any atom is 0.147 e. The first-order valence-electron chi connectivity index (χ1n) is 12.0. The smallest absolute Gasteiger partial charge is 0.147 e. The van der Waals surface area contributed by atoms with Gasteiger partial charge in [-0.15, -0.1) is 6.58 Å². The maximum atomic E-state index is 6.43. The lowest BCUT2D eigenvalue weighted by Crippen LogP contribution is -2.43. The van der Waals surface area contributed by atoms with Gasteiger partial charge in [0.2, 0.25) is 0 Å². The molecule has 0 heterocycles. The van der Waals surface area contributed by atoms with Crippen LogP contribution >= 0.6 is 0 Å². The van der Waals surface area contributed by atoms with E-state index in [1.54, 1.807) is 13.2 Å². The van der Waals surface area contributed by atoms with Crippen LogP contribution in [0.5, 0.6) is 0 Å². The van der Waals surface area contributed by atoms with Crippen molar-refractivity contribution in [2.75, 3.05) is 20.5 Å². The third kappa shape index (κ3) is 9.19. The number of hydrogen-bond donors (Lipinski definition) is 0. The summed E-state index contributed by atoms with van der Waals surface area (Å²) in [6, 6.07) is 30.0. The Bertz CT molecular complexity index is 1010. The predicted octanol–water partition coefficient (Wildman–Crippen LogP) is 6.11. The van der Waals surface area contributed by atoms with Gasteiger partial charge in [0.1, 0.15) is 25.1 Å². The Morgan fingerprint density at radius 2 is 1.22 bits per heavy atom. The van der Waals surface area contributed by atoms with Crippen molar-refractivity contribution in [2.24, 2.45) is 0 Å². The molecule has 3 aromatic rings. The third-order valence-corrected chi connectivity index (χ3v) is 5.59. The Balaban J connectivity index is 1.78. The summed E-state index contributed by atoms with van der Waals surface area (Å²) >= 11 is 0. The van der Waals surface area contributed by atoms with Crippen LogP contribution in [-0.2, 0) is 43.5 Å². The minimum absolute atomic E-state index is 0.101. The van der Waals surface area contributed by atoms with Gasteiger partial charge >= 0.3 is 0 Å². The van der Waals surface area contributed by atoms with Gasteiger partial charge in [0, 0.05) is 7.11 Å². The van der Waals surface area contributed by atoms with Gasteiger partial charge in [-0.3, -0.25) is 0 Å². The topological polar surface area (TPSA) is 46.2 Å². The van der Waals surface area contributed by atoms with Crippen LogP contribution in [0, 0.1) is 0 Å². The van der Waals surface area contributed by atoms with Gasteiger partial charge in [0.15, 0.2) is 0 Å². The third-order valence-electron chi connectivity index (χ3n) is 5.59. The predicted molar refractivity (Wildman–Crippen MR) is 142 cm³/mol. The minimum Gasteiger partial charge on any atom is -0.372 e. The number of hydrogen-bond acceptors (Lipinski definition) is 5. The van der Waals surface area contributed by atoms with Gasteiger partial charge in [-0.05, 0) is 22.3 Å². The molecule has 0 unspecified atom stereocenters. The molecule has 0 bridgehead atoms. The van der Waals surface area contributed by atoms with Crippen molar-refractivity contribution in [1.82, 2.24) is 0 Å². The van der Waals surface area contributed by atoms with E-state index >= 15 is 0 Å². The zero-order chi connectivity index (χ0) is 25.4. The van der Waals surface area contributed by atoms with Crippen LogP contribution in [0.1, 0.15) is 16.7 Å². The molecule has 3 rings (SSSR count). The molecule has 36 heavy (non-hydrogen) atoms. The molecule has 0 saturated carbocycles. The van der Waals surface area contributed by atoms with Crippen molar-refractivity contribution in [3.05, 3.63) is 132 Å². The first kappa shape index (κ1) is 27.5. The zero-order valence-corrected chi connectivity index (χ0v) is 21.0. The lowest BCUT2D eigenvalue weighted by Gasteiger charge is -2.33. The average molecular weight is 489 g/mol. The molecular weight excluding hydrogens is 452 g/mol. The van der Waals surface area contributed by atoms with E-state index < -0.39 is 18.3 Å². The number of ether oxygens (including phenoxy) is 5. The fourth-order valence-electron chi connectivity index (χ4n) is 3.73. The molecule has 0 amide bonds. The lowest BCUT2D eigenvalue weighted by atomic mass is 10.0. The van der Waals surface area contributed by atoms with Gasteiger partial charge in [-0.2, -0.15) is 0 Å². The molecule has 5 nitrogen and oxygen atoms in total. The molecule has 3 atom stereocenters. The van der Waals surface area contributed by atoms with Gasteiger partial charge in [-0.1, -0.05) is 104 Å². The normalized spacial score (nSPS) is 13.6. The highest BCUT2D eigenvalue weighted by molar-refractivity contribution is 5.17. The molecule has 0 aromatic heterocycles. The van der Waals surface area contributed by atoms with Crippen molar-refractivity contribution in [1.29, 1.82) is 0 Å². The molecule has 0 fully saturated rings. The second-order valence-corrected chi connectivity index (χ2v) is 8.39. The standard InChI is InChI=1S/C31H36O5/c1-4-29(36-24-32-3)31(35-23-28-18-12-7-13-19-28)30(34-22-27-16-10-6-11-17-27)25(2)20-33-21-26-14-8-5-9-15-26/h4-19,29-31H,1-2,20-24H2,3H3/t29-,30-,31+/m1/s1. The molecule has 0 radical (unpaired) electrons. The fraction of sp³-hybridized carbons (Fsp3) is 0.290. The van der Waals surface area contributed by atoms with Crippen LogP contribution in [-0.4, -0.2) is 38.8 Å². The van der Waals surface area contributed by atoms with Crippen molar-refractivity contribution >= 4 is 0 Å². The molecule has 3 aromatic carbocycles. The van der Waals surface area contributed by atoms with Crippen molar-refractivity contribution < 1.29 is 23.7 Å². The SMILES string of the molecule is C=C[C@@H](OCOC)[C@H](OCc1ccccc1)[C@H](OCc1ccccc1)C(=C)COCc1ccccc1. The van der Waals surface area contributed by atoms with E-state index in [0.29, 0.717) is 26.4 Å². The van der Waals surface area contributed by atoms with Crippen molar-refractivity contribution in [3.63, 3.8) is 0 Å². The summed E-state index contributed by atoms with van der Waals surface area (Å²) in [6.45, 7) is 9.96. The van der Waals surface area contributed by atoms with Crippen LogP contribution in [0.25, 0.3) is 0 Å². The number of rotatable bonds is 17. The maximum absolute atomic E-state index is 6.43. The van der Waals surface area contributed by atoms with E-state index in [9.17, 15) is 0 Å².